The van der Waals surface area contributed by atoms with Crippen molar-refractivity contribution in [3.8, 4) is 0 Å². The Morgan fingerprint density at radius 2 is 1.55 bits per heavy atom. The van der Waals surface area contributed by atoms with Gasteiger partial charge >= 0.3 is 0 Å². The fraction of sp³-hybridized carbons (Fsp3) is 0.105. The third-order valence-electron chi connectivity index (χ3n) is 3.30. The molecular weight excluding hydrogens is 274 g/mol. The molecule has 0 aliphatic heterocycles. The molecule has 0 atom stereocenters. The van der Waals surface area contributed by atoms with Crippen molar-refractivity contribution >= 4 is 17.6 Å². The number of benzene rings is 2. The van der Waals surface area contributed by atoms with Gasteiger partial charge in [-0.3, -0.25) is 10.0 Å². The maximum Gasteiger partial charge on any atom is 0.267 e. The van der Waals surface area contributed by atoms with E-state index in [4.69, 9.17) is 5.21 Å². The number of nitrogens with one attached hydrogen (secondary N) is 1. The molecule has 0 bridgehead atoms. The topological polar surface area (TPSA) is 49.3 Å². The second-order valence-electron chi connectivity index (χ2n) is 5.17. The van der Waals surface area contributed by atoms with Gasteiger partial charge in [0.15, 0.2) is 0 Å². The van der Waals surface area contributed by atoms with E-state index >= 15 is 0 Å². The van der Waals surface area contributed by atoms with Crippen LogP contribution in [0.15, 0.2) is 66.2 Å². The second-order valence-corrected chi connectivity index (χ2v) is 5.17. The lowest BCUT2D eigenvalue weighted by atomic mass is 9.93. The highest BCUT2D eigenvalue weighted by Gasteiger charge is 2.06. The molecular formula is C19H19NO2. The minimum atomic E-state index is -0.543. The fourth-order valence-electron chi connectivity index (χ4n) is 2.32. The molecule has 2 aromatic rings. The van der Waals surface area contributed by atoms with E-state index in [1.807, 2.05) is 42.5 Å². The Bertz CT molecular complexity index is 694. The highest BCUT2D eigenvalue weighted by molar-refractivity contribution is 5.91. The van der Waals surface area contributed by atoms with Crippen molar-refractivity contribution in [3.05, 3.63) is 82.9 Å². The van der Waals surface area contributed by atoms with E-state index in [2.05, 4.69) is 26.0 Å². The lowest BCUT2D eigenvalue weighted by molar-refractivity contribution is -0.124. The molecule has 22 heavy (non-hydrogen) atoms. The average molecular weight is 293 g/mol. The predicted octanol–water partition coefficient (Wildman–Crippen LogP) is 4.05. The summed E-state index contributed by atoms with van der Waals surface area (Å²) in [6.07, 6.45) is 2.94. The van der Waals surface area contributed by atoms with Crippen molar-refractivity contribution in [1.29, 1.82) is 0 Å². The first-order chi connectivity index (χ1) is 10.6. The molecule has 0 saturated carbocycles. The van der Waals surface area contributed by atoms with Crippen LogP contribution < -0.4 is 5.48 Å². The molecule has 3 heteroatoms. The molecule has 0 aliphatic rings. The Labute approximate surface area is 130 Å². The molecule has 2 aromatic carbocycles. The lowest BCUT2D eigenvalue weighted by Crippen LogP contribution is -2.14. The summed E-state index contributed by atoms with van der Waals surface area (Å²) in [5.41, 5.74) is 7.24. The van der Waals surface area contributed by atoms with E-state index in [1.165, 1.54) is 22.8 Å². The van der Waals surface area contributed by atoms with Crippen LogP contribution in [0.4, 0.5) is 0 Å². The lowest BCUT2D eigenvalue weighted by Gasteiger charge is -2.11. The maximum absolute atomic E-state index is 11.0. The fourth-order valence-corrected chi connectivity index (χ4v) is 2.32. The number of hydroxylamine groups is 1. The van der Waals surface area contributed by atoms with Crippen molar-refractivity contribution in [1.82, 2.24) is 5.48 Å². The Balaban J connectivity index is 2.31. The van der Waals surface area contributed by atoms with Crippen molar-refractivity contribution in [2.24, 2.45) is 0 Å². The standard InChI is InChI=1S/C19H19NO2/c1-14(2)19(16-6-4-3-5-7-16)17-11-8-15(9-12-17)10-13-18(21)20-22/h3-13,22H,1-2H3,(H,20,21)/b13-10+. The van der Waals surface area contributed by atoms with Crippen LogP contribution in [-0.2, 0) is 4.79 Å². The zero-order chi connectivity index (χ0) is 15.9. The van der Waals surface area contributed by atoms with Crippen molar-refractivity contribution in [2.75, 3.05) is 0 Å². The summed E-state index contributed by atoms with van der Waals surface area (Å²) in [5, 5.41) is 8.46. The molecule has 0 heterocycles. The third-order valence-corrected chi connectivity index (χ3v) is 3.30. The molecule has 0 aromatic heterocycles. The first-order valence-corrected chi connectivity index (χ1v) is 7.07. The molecule has 112 valence electrons. The quantitative estimate of drug-likeness (QED) is 0.507. The van der Waals surface area contributed by atoms with Crippen LogP contribution in [-0.4, -0.2) is 11.1 Å². The number of amides is 1. The molecule has 3 nitrogen and oxygen atoms in total. The Kier molecular flexibility index (Phi) is 5.28. The number of carbonyl (C=O) groups is 1. The van der Waals surface area contributed by atoms with Gasteiger partial charge in [0, 0.05) is 6.08 Å². The van der Waals surface area contributed by atoms with E-state index in [-0.39, 0.29) is 0 Å². The summed E-state index contributed by atoms with van der Waals surface area (Å²) in [6.45, 7) is 4.20. The highest BCUT2D eigenvalue weighted by Crippen LogP contribution is 2.27. The number of carbonyl (C=O) groups excluding carboxylic acids is 1. The van der Waals surface area contributed by atoms with E-state index < -0.39 is 5.91 Å². The molecule has 0 radical (unpaired) electrons. The van der Waals surface area contributed by atoms with Gasteiger partial charge in [-0.2, -0.15) is 0 Å². The van der Waals surface area contributed by atoms with Crippen molar-refractivity contribution in [3.63, 3.8) is 0 Å². The predicted molar refractivity (Wildman–Crippen MR) is 89.2 cm³/mol. The number of rotatable bonds is 4. The summed E-state index contributed by atoms with van der Waals surface area (Å²) in [7, 11) is 0. The monoisotopic (exact) mass is 293 g/mol. The van der Waals surface area contributed by atoms with E-state index in [9.17, 15) is 4.79 Å². The number of hydrogen-bond acceptors (Lipinski definition) is 2. The smallest absolute Gasteiger partial charge is 0.267 e. The van der Waals surface area contributed by atoms with Crippen LogP contribution in [0.2, 0.25) is 0 Å². The van der Waals surface area contributed by atoms with Crippen LogP contribution in [0.3, 0.4) is 0 Å². The normalized spacial score (nSPS) is 10.5. The molecule has 1 amide bonds. The molecule has 0 spiro atoms. The zero-order valence-electron chi connectivity index (χ0n) is 12.7. The maximum atomic E-state index is 11.0. The van der Waals surface area contributed by atoms with Gasteiger partial charge in [-0.25, -0.2) is 5.48 Å². The summed E-state index contributed by atoms with van der Waals surface area (Å²) < 4.78 is 0. The first kappa shape index (κ1) is 15.7. The molecule has 0 fully saturated rings. The Morgan fingerprint density at radius 1 is 0.955 bits per heavy atom. The van der Waals surface area contributed by atoms with Gasteiger partial charge in [0.05, 0.1) is 0 Å². The van der Waals surface area contributed by atoms with E-state index in [1.54, 1.807) is 11.6 Å². The van der Waals surface area contributed by atoms with Crippen molar-refractivity contribution < 1.29 is 10.0 Å². The average Bonchev–Trinajstić information content (AvgIpc) is 2.54. The van der Waals surface area contributed by atoms with Gasteiger partial charge in [0.2, 0.25) is 0 Å². The van der Waals surface area contributed by atoms with Crippen LogP contribution in [0, 0.1) is 0 Å². The molecule has 0 aliphatic carbocycles. The zero-order valence-corrected chi connectivity index (χ0v) is 12.7. The van der Waals surface area contributed by atoms with E-state index in [0.29, 0.717) is 0 Å². The molecule has 2 rings (SSSR count). The summed E-state index contributed by atoms with van der Waals surface area (Å²) >= 11 is 0. The number of allylic oxidation sites excluding steroid dienone is 1. The second kappa shape index (κ2) is 7.38. The summed E-state index contributed by atoms with van der Waals surface area (Å²) in [4.78, 5) is 11.0. The van der Waals surface area contributed by atoms with Gasteiger partial charge < -0.3 is 0 Å². The molecule has 0 unspecified atom stereocenters. The summed E-state index contributed by atoms with van der Waals surface area (Å²) in [6, 6.07) is 18.2. The van der Waals surface area contributed by atoms with Crippen molar-refractivity contribution in [2.45, 2.75) is 13.8 Å². The summed E-state index contributed by atoms with van der Waals surface area (Å²) in [5.74, 6) is -0.543. The minimum Gasteiger partial charge on any atom is -0.288 e. The van der Waals surface area contributed by atoms with Gasteiger partial charge in [0.1, 0.15) is 0 Å². The van der Waals surface area contributed by atoms with Crippen LogP contribution in [0.1, 0.15) is 30.5 Å². The van der Waals surface area contributed by atoms with E-state index in [0.717, 1.165) is 11.1 Å². The third kappa shape index (κ3) is 3.93. The van der Waals surface area contributed by atoms with Gasteiger partial charge in [-0.05, 0) is 42.2 Å². The minimum absolute atomic E-state index is 0.543. The highest BCUT2D eigenvalue weighted by atomic mass is 16.5. The van der Waals surface area contributed by atoms with Crippen LogP contribution in [0.25, 0.3) is 11.6 Å². The SMILES string of the molecule is CC(C)=C(c1ccccc1)c1ccc(/C=C/C(=O)NO)cc1. The Hall–Kier alpha value is -2.65. The van der Waals surface area contributed by atoms with Crippen LogP contribution >= 0.6 is 0 Å². The Morgan fingerprint density at radius 3 is 2.09 bits per heavy atom. The van der Waals surface area contributed by atoms with Gasteiger partial charge in [-0.15, -0.1) is 0 Å². The van der Waals surface area contributed by atoms with Gasteiger partial charge in [0.25, 0.3) is 5.91 Å². The molecule has 2 N–H and O–H groups in total. The largest absolute Gasteiger partial charge is 0.288 e. The first-order valence-electron chi connectivity index (χ1n) is 7.07. The van der Waals surface area contributed by atoms with Crippen LogP contribution in [0.5, 0.6) is 0 Å². The number of hydrogen-bond donors (Lipinski definition) is 2. The van der Waals surface area contributed by atoms with Gasteiger partial charge in [-0.1, -0.05) is 60.2 Å². The molecule has 0 saturated heterocycles.